The van der Waals surface area contributed by atoms with Crippen molar-refractivity contribution in [1.29, 1.82) is 0 Å². The van der Waals surface area contributed by atoms with E-state index >= 15 is 0 Å². The lowest BCUT2D eigenvalue weighted by atomic mass is 10.1. The Morgan fingerprint density at radius 2 is 2.07 bits per heavy atom. The summed E-state index contributed by atoms with van der Waals surface area (Å²) in [5.41, 5.74) is 0.984. The lowest BCUT2D eigenvalue weighted by Crippen LogP contribution is -2.28. The Kier molecular flexibility index (Phi) is 5.68. The fourth-order valence-electron chi connectivity index (χ4n) is 3.00. The molecule has 1 amide bonds. The van der Waals surface area contributed by atoms with Crippen molar-refractivity contribution in [2.45, 2.75) is 31.3 Å². The lowest BCUT2D eigenvalue weighted by Gasteiger charge is -2.21. The standard InChI is InChI=1S/C20H21N3O3S2/c1-3-14-9-15-19(21-11-22-20(15)28-14)27-10-18(24)23-12(2)13-4-5-16-17(8-13)26-7-6-25-16/h4-5,8-9,11-12H,3,6-7,10H2,1-2H3,(H,23,24). The predicted octanol–water partition coefficient (Wildman–Crippen LogP) is 3.99. The van der Waals surface area contributed by atoms with Crippen molar-refractivity contribution < 1.29 is 14.3 Å². The third-order valence-electron chi connectivity index (χ3n) is 4.48. The molecule has 1 aliphatic rings. The molecule has 28 heavy (non-hydrogen) atoms. The summed E-state index contributed by atoms with van der Waals surface area (Å²) < 4.78 is 11.2. The van der Waals surface area contributed by atoms with Gasteiger partial charge in [-0.2, -0.15) is 0 Å². The van der Waals surface area contributed by atoms with E-state index in [0.29, 0.717) is 19.0 Å². The number of ether oxygens (including phenoxy) is 2. The summed E-state index contributed by atoms with van der Waals surface area (Å²) in [5, 5.41) is 4.92. The van der Waals surface area contributed by atoms with Gasteiger partial charge in [0.1, 0.15) is 29.4 Å². The van der Waals surface area contributed by atoms with Crippen LogP contribution in [-0.4, -0.2) is 34.8 Å². The van der Waals surface area contributed by atoms with Crippen LogP contribution in [0.4, 0.5) is 0 Å². The molecule has 0 bridgehead atoms. The fraction of sp³-hybridized carbons (Fsp3) is 0.350. The number of fused-ring (bicyclic) bond motifs is 2. The number of carbonyl (C=O) groups is 1. The van der Waals surface area contributed by atoms with Crippen LogP contribution in [0.5, 0.6) is 11.5 Å². The SMILES string of the molecule is CCc1cc2c(SCC(=O)NC(C)c3ccc4c(c3)OCCO4)ncnc2s1. The van der Waals surface area contributed by atoms with Crippen molar-refractivity contribution in [2.75, 3.05) is 19.0 Å². The highest BCUT2D eigenvalue weighted by atomic mass is 32.2. The maximum atomic E-state index is 12.5. The quantitative estimate of drug-likeness (QED) is 0.485. The molecule has 0 fully saturated rings. The number of rotatable bonds is 6. The first-order chi connectivity index (χ1) is 13.6. The molecule has 2 aromatic heterocycles. The first kappa shape index (κ1) is 19.0. The molecule has 4 rings (SSSR count). The van der Waals surface area contributed by atoms with Gasteiger partial charge >= 0.3 is 0 Å². The molecule has 0 aliphatic carbocycles. The van der Waals surface area contributed by atoms with Crippen LogP contribution in [0.15, 0.2) is 35.6 Å². The number of aryl methyl sites for hydroxylation is 1. The van der Waals surface area contributed by atoms with Gasteiger partial charge in [0.2, 0.25) is 5.91 Å². The molecule has 0 saturated carbocycles. The van der Waals surface area contributed by atoms with E-state index in [-0.39, 0.29) is 11.9 Å². The van der Waals surface area contributed by atoms with Crippen LogP contribution in [0.2, 0.25) is 0 Å². The zero-order chi connectivity index (χ0) is 19.5. The van der Waals surface area contributed by atoms with Crippen molar-refractivity contribution in [3.63, 3.8) is 0 Å². The minimum absolute atomic E-state index is 0.0369. The predicted molar refractivity (Wildman–Crippen MR) is 112 cm³/mol. The summed E-state index contributed by atoms with van der Waals surface area (Å²) in [5.74, 6) is 1.74. The molecule has 3 heterocycles. The Labute approximate surface area is 171 Å². The highest BCUT2D eigenvalue weighted by molar-refractivity contribution is 8.00. The topological polar surface area (TPSA) is 73.3 Å². The second kappa shape index (κ2) is 8.36. The lowest BCUT2D eigenvalue weighted by molar-refractivity contribution is -0.119. The van der Waals surface area contributed by atoms with Gasteiger partial charge in [-0.05, 0) is 37.1 Å². The molecule has 0 spiro atoms. The number of nitrogens with one attached hydrogen (secondary N) is 1. The van der Waals surface area contributed by atoms with Crippen molar-refractivity contribution in [3.05, 3.63) is 41.0 Å². The van der Waals surface area contributed by atoms with Gasteiger partial charge in [-0.25, -0.2) is 9.97 Å². The van der Waals surface area contributed by atoms with Gasteiger partial charge < -0.3 is 14.8 Å². The molecule has 3 aromatic rings. The van der Waals surface area contributed by atoms with Crippen LogP contribution in [0, 0.1) is 0 Å². The average Bonchev–Trinajstić information content (AvgIpc) is 3.16. The van der Waals surface area contributed by atoms with Gasteiger partial charge in [0.15, 0.2) is 11.5 Å². The number of thioether (sulfide) groups is 1. The normalized spacial score (nSPS) is 14.1. The van der Waals surface area contributed by atoms with Crippen LogP contribution in [0.3, 0.4) is 0 Å². The minimum Gasteiger partial charge on any atom is -0.486 e. The molecule has 8 heteroatoms. The van der Waals surface area contributed by atoms with Crippen LogP contribution in [0.25, 0.3) is 10.2 Å². The van der Waals surface area contributed by atoms with Gasteiger partial charge in [0.05, 0.1) is 11.8 Å². The summed E-state index contributed by atoms with van der Waals surface area (Å²) in [7, 11) is 0. The molecule has 1 unspecified atom stereocenters. The fourth-order valence-corrected chi connectivity index (χ4v) is 4.79. The van der Waals surface area contributed by atoms with Crippen LogP contribution in [-0.2, 0) is 11.2 Å². The number of aromatic nitrogens is 2. The highest BCUT2D eigenvalue weighted by Crippen LogP contribution is 2.33. The average molecular weight is 416 g/mol. The van der Waals surface area contributed by atoms with Gasteiger partial charge in [0.25, 0.3) is 0 Å². The molecule has 0 saturated heterocycles. The van der Waals surface area contributed by atoms with E-state index in [2.05, 4.69) is 28.3 Å². The van der Waals surface area contributed by atoms with Crippen LogP contribution >= 0.6 is 23.1 Å². The number of hydrogen-bond acceptors (Lipinski definition) is 7. The number of benzene rings is 1. The van der Waals surface area contributed by atoms with E-state index < -0.39 is 0 Å². The molecule has 1 aromatic carbocycles. The maximum Gasteiger partial charge on any atom is 0.230 e. The minimum atomic E-state index is -0.123. The zero-order valence-electron chi connectivity index (χ0n) is 15.7. The molecule has 1 atom stereocenters. The molecular formula is C20H21N3O3S2. The van der Waals surface area contributed by atoms with E-state index in [0.717, 1.165) is 38.7 Å². The Morgan fingerprint density at radius 3 is 2.89 bits per heavy atom. The van der Waals surface area contributed by atoms with Crippen molar-refractivity contribution >= 4 is 39.2 Å². The monoisotopic (exact) mass is 415 g/mol. The zero-order valence-corrected chi connectivity index (χ0v) is 17.4. The number of nitrogens with zero attached hydrogens (tertiary/aromatic N) is 2. The Hall–Kier alpha value is -2.32. The van der Waals surface area contributed by atoms with E-state index in [1.807, 2.05) is 25.1 Å². The summed E-state index contributed by atoms with van der Waals surface area (Å²) >= 11 is 3.12. The number of amides is 1. The highest BCUT2D eigenvalue weighted by Gasteiger charge is 2.16. The molecule has 1 aliphatic heterocycles. The van der Waals surface area contributed by atoms with Gasteiger partial charge in [-0.15, -0.1) is 11.3 Å². The first-order valence-electron chi connectivity index (χ1n) is 9.19. The van der Waals surface area contributed by atoms with E-state index in [4.69, 9.17) is 9.47 Å². The van der Waals surface area contributed by atoms with Gasteiger partial charge in [-0.3, -0.25) is 4.79 Å². The van der Waals surface area contributed by atoms with E-state index in [1.165, 1.54) is 16.6 Å². The summed E-state index contributed by atoms with van der Waals surface area (Å²) in [4.78, 5) is 23.4. The largest absolute Gasteiger partial charge is 0.486 e. The van der Waals surface area contributed by atoms with Crippen molar-refractivity contribution in [1.82, 2.24) is 15.3 Å². The van der Waals surface area contributed by atoms with E-state index in [1.54, 1.807) is 17.7 Å². The number of thiophene rings is 1. The Bertz CT molecular complexity index is 1010. The molecule has 6 nitrogen and oxygen atoms in total. The smallest absolute Gasteiger partial charge is 0.230 e. The summed E-state index contributed by atoms with van der Waals surface area (Å²) in [6.07, 6.45) is 2.54. The summed E-state index contributed by atoms with van der Waals surface area (Å²) in [6, 6.07) is 7.77. The second-order valence-corrected chi connectivity index (χ2v) is 8.52. The maximum absolute atomic E-state index is 12.5. The second-order valence-electron chi connectivity index (χ2n) is 6.44. The van der Waals surface area contributed by atoms with Crippen LogP contribution in [0.1, 0.15) is 30.3 Å². The molecular weight excluding hydrogens is 394 g/mol. The van der Waals surface area contributed by atoms with Crippen molar-refractivity contribution in [3.8, 4) is 11.5 Å². The Balaban J connectivity index is 1.39. The molecule has 1 N–H and O–H groups in total. The van der Waals surface area contributed by atoms with Gasteiger partial charge in [0, 0.05) is 10.3 Å². The Morgan fingerprint density at radius 1 is 1.25 bits per heavy atom. The van der Waals surface area contributed by atoms with Gasteiger partial charge in [-0.1, -0.05) is 24.8 Å². The van der Waals surface area contributed by atoms with Crippen LogP contribution < -0.4 is 14.8 Å². The first-order valence-corrected chi connectivity index (χ1v) is 11.0. The summed E-state index contributed by atoms with van der Waals surface area (Å²) in [6.45, 7) is 5.19. The number of carbonyl (C=O) groups excluding carboxylic acids is 1. The molecule has 0 radical (unpaired) electrons. The van der Waals surface area contributed by atoms with E-state index in [9.17, 15) is 4.79 Å². The van der Waals surface area contributed by atoms with Crippen molar-refractivity contribution in [2.24, 2.45) is 0 Å². The number of hydrogen-bond donors (Lipinski definition) is 1. The third kappa shape index (κ3) is 4.07. The molecule has 146 valence electrons. The third-order valence-corrected chi connectivity index (χ3v) is 6.67.